The van der Waals surface area contributed by atoms with Gasteiger partial charge in [-0.05, 0) is 63.1 Å². The molecular weight excluding hydrogens is 562 g/mol. The molecule has 0 aliphatic rings. The van der Waals surface area contributed by atoms with Crippen molar-refractivity contribution in [2.75, 3.05) is 20.3 Å². The summed E-state index contributed by atoms with van der Waals surface area (Å²) >= 11 is 0. The fourth-order valence-electron chi connectivity index (χ4n) is 3.32. The number of hydrogen-bond acceptors (Lipinski definition) is 12. The maximum atomic E-state index is 12.6. The van der Waals surface area contributed by atoms with Crippen LogP contribution in [-0.4, -0.2) is 69.1 Å². The molecule has 3 unspecified atom stereocenters. The molecule has 0 bridgehead atoms. The standard InChI is InChI=1S/C31H49NO11/c1-10-11-12-15-38-29(34)39-21(6)18-32-25(28(33)37-9)16-24-13-14-26(42-30(35)40-22(7)19(2)3)27(17-24)43-31(36)41-23(8)20(4)5/h13-14,17,19-23,25,32H,10-12,15-16,18H2,1-9H3/t21?,22?,23?,25-/m0/s1. The fourth-order valence-corrected chi connectivity index (χ4v) is 3.32. The summed E-state index contributed by atoms with van der Waals surface area (Å²) < 4.78 is 36.6. The van der Waals surface area contributed by atoms with Crippen molar-refractivity contribution in [1.82, 2.24) is 5.32 Å². The van der Waals surface area contributed by atoms with Gasteiger partial charge in [-0.3, -0.25) is 4.79 Å². The normalized spacial score (nSPS) is 13.8. The first kappa shape index (κ1) is 37.5. The molecule has 0 aromatic heterocycles. The summed E-state index contributed by atoms with van der Waals surface area (Å²) in [6, 6.07) is 3.65. The van der Waals surface area contributed by atoms with E-state index in [-0.39, 0.29) is 42.9 Å². The Balaban J connectivity index is 3.05. The van der Waals surface area contributed by atoms with Crippen molar-refractivity contribution in [3.63, 3.8) is 0 Å². The molecule has 0 amide bonds. The second-order valence-electron chi connectivity index (χ2n) is 11.0. The molecule has 0 saturated heterocycles. The van der Waals surface area contributed by atoms with Crippen LogP contribution < -0.4 is 14.8 Å². The number of hydrogen-bond donors (Lipinski definition) is 1. The highest BCUT2D eigenvalue weighted by Crippen LogP contribution is 2.30. The van der Waals surface area contributed by atoms with E-state index in [1.165, 1.54) is 19.2 Å². The molecule has 12 nitrogen and oxygen atoms in total. The minimum Gasteiger partial charge on any atom is -0.468 e. The number of methoxy groups -OCH3 is 1. The maximum absolute atomic E-state index is 12.6. The molecule has 43 heavy (non-hydrogen) atoms. The number of unbranched alkanes of at least 4 members (excludes halogenated alkanes) is 2. The zero-order valence-corrected chi connectivity index (χ0v) is 26.9. The molecule has 0 heterocycles. The lowest BCUT2D eigenvalue weighted by molar-refractivity contribution is -0.143. The van der Waals surface area contributed by atoms with E-state index in [0.717, 1.165) is 19.3 Å². The number of ether oxygens (including phenoxy) is 7. The average molecular weight is 612 g/mol. The molecule has 0 fully saturated rings. The minimum absolute atomic E-state index is 0.0447. The Hall–Kier alpha value is -3.54. The summed E-state index contributed by atoms with van der Waals surface area (Å²) in [6.45, 7) is 15.2. The Morgan fingerprint density at radius 3 is 1.88 bits per heavy atom. The van der Waals surface area contributed by atoms with Crippen LogP contribution in [0.25, 0.3) is 0 Å². The van der Waals surface area contributed by atoms with Crippen LogP contribution in [0, 0.1) is 11.8 Å². The number of rotatable bonds is 17. The van der Waals surface area contributed by atoms with Gasteiger partial charge >= 0.3 is 24.4 Å². The third-order valence-electron chi connectivity index (χ3n) is 6.68. The molecule has 0 aliphatic carbocycles. The predicted octanol–water partition coefficient (Wildman–Crippen LogP) is 6.21. The average Bonchev–Trinajstić information content (AvgIpc) is 2.93. The Kier molecular flexibility index (Phi) is 17.1. The van der Waals surface area contributed by atoms with Crippen molar-refractivity contribution < 1.29 is 52.3 Å². The van der Waals surface area contributed by atoms with Gasteiger partial charge in [-0.25, -0.2) is 14.4 Å². The van der Waals surface area contributed by atoms with Crippen molar-refractivity contribution in [3.05, 3.63) is 23.8 Å². The number of esters is 1. The second-order valence-corrected chi connectivity index (χ2v) is 11.0. The summed E-state index contributed by atoms with van der Waals surface area (Å²) in [5, 5.41) is 3.03. The number of carbonyl (C=O) groups excluding carboxylic acids is 4. The highest BCUT2D eigenvalue weighted by atomic mass is 16.8. The van der Waals surface area contributed by atoms with E-state index in [1.807, 2.05) is 34.6 Å². The van der Waals surface area contributed by atoms with Gasteiger partial charge in [0, 0.05) is 6.54 Å². The van der Waals surface area contributed by atoms with Crippen molar-refractivity contribution in [1.29, 1.82) is 0 Å². The van der Waals surface area contributed by atoms with Crippen LogP contribution in [0.2, 0.25) is 0 Å². The largest absolute Gasteiger partial charge is 0.514 e. The summed E-state index contributed by atoms with van der Waals surface area (Å²) in [5.74, 6) is -0.623. The van der Waals surface area contributed by atoms with Gasteiger partial charge in [-0.15, -0.1) is 0 Å². The van der Waals surface area contributed by atoms with Crippen LogP contribution in [0.5, 0.6) is 11.5 Å². The monoisotopic (exact) mass is 611 g/mol. The number of nitrogens with one attached hydrogen (secondary N) is 1. The zero-order chi connectivity index (χ0) is 32.5. The Bertz CT molecular complexity index is 1030. The van der Waals surface area contributed by atoms with E-state index in [9.17, 15) is 19.2 Å². The topological polar surface area (TPSA) is 145 Å². The van der Waals surface area contributed by atoms with Gasteiger partial charge in [0.1, 0.15) is 24.4 Å². The highest BCUT2D eigenvalue weighted by molar-refractivity contribution is 5.76. The molecule has 0 aliphatic heterocycles. The molecular formula is C31H49NO11. The van der Waals surface area contributed by atoms with Crippen molar-refractivity contribution in [2.45, 2.75) is 105 Å². The molecule has 0 spiro atoms. The van der Waals surface area contributed by atoms with E-state index in [0.29, 0.717) is 5.56 Å². The summed E-state index contributed by atoms with van der Waals surface area (Å²) in [5.41, 5.74) is 0.544. The Morgan fingerprint density at radius 2 is 1.35 bits per heavy atom. The van der Waals surface area contributed by atoms with Gasteiger partial charge in [-0.1, -0.05) is 53.5 Å². The van der Waals surface area contributed by atoms with Crippen LogP contribution >= 0.6 is 0 Å². The van der Waals surface area contributed by atoms with E-state index in [2.05, 4.69) is 5.32 Å². The first-order valence-electron chi connectivity index (χ1n) is 14.8. The lowest BCUT2D eigenvalue weighted by Gasteiger charge is -2.21. The molecule has 1 rings (SSSR count). The molecule has 244 valence electrons. The summed E-state index contributed by atoms with van der Waals surface area (Å²) in [6.07, 6.45) is -1.36. The van der Waals surface area contributed by atoms with Crippen LogP contribution in [0.15, 0.2) is 18.2 Å². The lowest BCUT2D eigenvalue weighted by atomic mass is 10.0. The maximum Gasteiger partial charge on any atom is 0.514 e. The second kappa shape index (κ2) is 19.6. The number of benzene rings is 1. The van der Waals surface area contributed by atoms with Gasteiger partial charge in [0.05, 0.1) is 13.7 Å². The molecule has 1 aromatic carbocycles. The molecule has 0 radical (unpaired) electrons. The zero-order valence-electron chi connectivity index (χ0n) is 26.9. The summed E-state index contributed by atoms with van der Waals surface area (Å²) in [7, 11) is 1.26. The SMILES string of the molecule is CCCCCOC(=O)OC(C)CN[C@@H](Cc1ccc(OC(=O)OC(C)C(C)C)c(OC(=O)OC(C)C(C)C)c1)C(=O)OC. The van der Waals surface area contributed by atoms with Gasteiger partial charge < -0.3 is 38.5 Å². The first-order valence-corrected chi connectivity index (χ1v) is 14.8. The van der Waals surface area contributed by atoms with Gasteiger partial charge in [0.2, 0.25) is 0 Å². The van der Waals surface area contributed by atoms with Crippen molar-refractivity contribution in [2.24, 2.45) is 11.8 Å². The van der Waals surface area contributed by atoms with Crippen LogP contribution in [0.3, 0.4) is 0 Å². The molecule has 1 aromatic rings. The lowest BCUT2D eigenvalue weighted by Crippen LogP contribution is -2.43. The third-order valence-corrected chi connectivity index (χ3v) is 6.68. The highest BCUT2D eigenvalue weighted by Gasteiger charge is 2.25. The summed E-state index contributed by atoms with van der Waals surface area (Å²) in [4.78, 5) is 49.4. The van der Waals surface area contributed by atoms with Gasteiger partial charge in [0.25, 0.3) is 0 Å². The molecule has 0 saturated carbocycles. The van der Waals surface area contributed by atoms with Gasteiger partial charge in [-0.2, -0.15) is 0 Å². The third kappa shape index (κ3) is 15.0. The van der Waals surface area contributed by atoms with Crippen LogP contribution in [0.4, 0.5) is 14.4 Å². The van der Waals surface area contributed by atoms with E-state index in [1.54, 1.807) is 26.8 Å². The van der Waals surface area contributed by atoms with Crippen molar-refractivity contribution >= 4 is 24.4 Å². The molecule has 12 heteroatoms. The minimum atomic E-state index is -0.984. The Morgan fingerprint density at radius 1 is 0.767 bits per heavy atom. The van der Waals surface area contributed by atoms with E-state index in [4.69, 9.17) is 33.2 Å². The predicted molar refractivity (Wildman–Crippen MR) is 158 cm³/mol. The van der Waals surface area contributed by atoms with Crippen LogP contribution in [0.1, 0.15) is 80.2 Å². The number of carbonyl (C=O) groups is 4. The fraction of sp³-hybridized carbons (Fsp3) is 0.677. The quantitative estimate of drug-likeness (QED) is 0.0925. The van der Waals surface area contributed by atoms with Gasteiger partial charge in [0.15, 0.2) is 11.5 Å². The molecule has 4 atom stereocenters. The van der Waals surface area contributed by atoms with E-state index >= 15 is 0 Å². The molecule has 1 N–H and O–H groups in total. The smallest absolute Gasteiger partial charge is 0.468 e. The van der Waals surface area contributed by atoms with Crippen molar-refractivity contribution in [3.8, 4) is 11.5 Å². The Labute approximate surface area is 255 Å². The first-order chi connectivity index (χ1) is 20.3. The van der Waals surface area contributed by atoms with E-state index < -0.39 is 48.8 Å². The van der Waals surface area contributed by atoms with Crippen LogP contribution in [-0.2, 0) is 34.9 Å².